The number of benzene rings is 1. The van der Waals surface area contributed by atoms with E-state index in [1.807, 2.05) is 33.0 Å². The highest BCUT2D eigenvalue weighted by Gasteiger charge is 2.49. The molecule has 3 aromatic rings. The zero-order valence-corrected chi connectivity index (χ0v) is 19.6. The summed E-state index contributed by atoms with van der Waals surface area (Å²) in [5, 5.41) is 17.6. The Morgan fingerprint density at radius 3 is 2.76 bits per heavy atom. The number of halogens is 1. The Bertz CT molecular complexity index is 1240. The number of carbonyl (C=O) groups is 1. The van der Waals surface area contributed by atoms with Crippen molar-refractivity contribution in [2.24, 2.45) is 7.05 Å². The summed E-state index contributed by atoms with van der Waals surface area (Å²) in [6.07, 6.45) is 2.11. The Hall–Kier alpha value is -3.07. The third-order valence-corrected chi connectivity index (χ3v) is 6.85. The first kappa shape index (κ1) is 21.8. The van der Waals surface area contributed by atoms with Crippen molar-refractivity contribution in [3.63, 3.8) is 0 Å². The number of alkyl halides is 1. The van der Waals surface area contributed by atoms with Crippen molar-refractivity contribution in [2.75, 3.05) is 11.4 Å². The van der Waals surface area contributed by atoms with E-state index in [4.69, 9.17) is 4.74 Å². The molecule has 1 saturated heterocycles. The standard InChI is InChI=1S/C24H29FN6O2/c1-23(2)11-19(21(25)24(3,4)29-23)31-7-6-14-8-17(27-28-22(14)31)16-10-18-15(12-26-30(18)5)9-20(16)33-13-32/h8-10,12-13,19,21,29H,6-7,11H2,1-5H3/t19-,21-/m0/s1. The maximum absolute atomic E-state index is 15.5. The molecule has 2 aliphatic heterocycles. The van der Waals surface area contributed by atoms with E-state index < -0.39 is 11.7 Å². The highest BCUT2D eigenvalue weighted by Crippen LogP contribution is 2.40. The highest BCUT2D eigenvalue weighted by molar-refractivity contribution is 5.88. The highest BCUT2D eigenvalue weighted by atomic mass is 19.1. The minimum atomic E-state index is -1.04. The third kappa shape index (κ3) is 3.64. The van der Waals surface area contributed by atoms with Gasteiger partial charge in [0.1, 0.15) is 11.9 Å². The van der Waals surface area contributed by atoms with Gasteiger partial charge >= 0.3 is 0 Å². The molecule has 0 radical (unpaired) electrons. The zero-order chi connectivity index (χ0) is 23.5. The van der Waals surface area contributed by atoms with Gasteiger partial charge in [0.15, 0.2) is 5.82 Å². The molecular weight excluding hydrogens is 423 g/mol. The van der Waals surface area contributed by atoms with E-state index in [1.165, 1.54) is 0 Å². The second-order valence-electron chi connectivity index (χ2n) is 10.3. The van der Waals surface area contributed by atoms with E-state index in [0.717, 1.165) is 28.7 Å². The number of nitrogens with one attached hydrogen (secondary N) is 1. The minimum Gasteiger partial charge on any atom is -0.428 e. The fraction of sp³-hybridized carbons (Fsp3) is 0.500. The number of fused-ring (bicyclic) bond motifs is 2. The van der Waals surface area contributed by atoms with Gasteiger partial charge in [0.2, 0.25) is 0 Å². The van der Waals surface area contributed by atoms with Crippen LogP contribution in [0.3, 0.4) is 0 Å². The van der Waals surface area contributed by atoms with Crippen molar-refractivity contribution in [3.8, 4) is 17.0 Å². The van der Waals surface area contributed by atoms with E-state index in [-0.39, 0.29) is 11.6 Å². The van der Waals surface area contributed by atoms with Crippen LogP contribution in [0.15, 0.2) is 24.4 Å². The first-order valence-electron chi connectivity index (χ1n) is 11.2. The van der Waals surface area contributed by atoms with Gasteiger partial charge in [0.05, 0.1) is 23.4 Å². The Morgan fingerprint density at radius 1 is 1.21 bits per heavy atom. The fourth-order valence-corrected chi connectivity index (χ4v) is 5.55. The summed E-state index contributed by atoms with van der Waals surface area (Å²) in [6, 6.07) is 5.37. The summed E-state index contributed by atoms with van der Waals surface area (Å²) < 4.78 is 22.6. The third-order valence-electron chi connectivity index (χ3n) is 6.85. The SMILES string of the molecule is Cn1ncc2cc(OC=O)c(-c3cc4c(nn3)N([C@H]3CC(C)(C)NC(C)(C)[C@H]3F)CC4)cc21. The van der Waals surface area contributed by atoms with Crippen LogP contribution in [-0.2, 0) is 18.3 Å². The lowest BCUT2D eigenvalue weighted by molar-refractivity contribution is -0.120. The summed E-state index contributed by atoms with van der Waals surface area (Å²) >= 11 is 0. The molecule has 1 fully saturated rings. The number of rotatable bonds is 4. The maximum Gasteiger partial charge on any atom is 0.298 e. The van der Waals surface area contributed by atoms with Crippen LogP contribution in [-0.4, -0.2) is 56.3 Å². The molecule has 9 heteroatoms. The molecule has 0 amide bonds. The van der Waals surface area contributed by atoms with Gasteiger partial charge in [-0.15, -0.1) is 10.2 Å². The maximum atomic E-state index is 15.5. The first-order valence-corrected chi connectivity index (χ1v) is 11.2. The van der Waals surface area contributed by atoms with Crippen molar-refractivity contribution in [2.45, 2.75) is 63.8 Å². The number of hydrogen-bond acceptors (Lipinski definition) is 7. The van der Waals surface area contributed by atoms with Gasteiger partial charge in [-0.3, -0.25) is 9.48 Å². The molecule has 4 heterocycles. The molecule has 0 saturated carbocycles. The molecule has 5 rings (SSSR count). The van der Waals surface area contributed by atoms with Crippen LogP contribution >= 0.6 is 0 Å². The van der Waals surface area contributed by atoms with Crippen molar-refractivity contribution < 1.29 is 13.9 Å². The molecule has 2 aliphatic rings. The number of ether oxygens (including phenoxy) is 1. The zero-order valence-electron chi connectivity index (χ0n) is 19.6. The Balaban J connectivity index is 1.53. The summed E-state index contributed by atoms with van der Waals surface area (Å²) in [5.74, 6) is 1.14. The number of nitrogens with zero attached hydrogens (tertiary/aromatic N) is 5. The molecule has 33 heavy (non-hydrogen) atoms. The molecule has 1 N–H and O–H groups in total. The van der Waals surface area contributed by atoms with E-state index >= 15 is 4.39 Å². The second-order valence-corrected chi connectivity index (χ2v) is 10.3. The Morgan fingerprint density at radius 2 is 2.00 bits per heavy atom. The van der Waals surface area contributed by atoms with E-state index in [2.05, 4.69) is 39.4 Å². The number of anilines is 1. The van der Waals surface area contributed by atoms with Crippen LogP contribution < -0.4 is 15.0 Å². The largest absolute Gasteiger partial charge is 0.428 e. The lowest BCUT2D eigenvalue weighted by Gasteiger charge is -2.51. The molecule has 8 nitrogen and oxygen atoms in total. The molecule has 174 valence electrons. The predicted molar refractivity (Wildman–Crippen MR) is 124 cm³/mol. The van der Waals surface area contributed by atoms with Gasteiger partial charge in [-0.05, 0) is 58.7 Å². The Labute approximate surface area is 192 Å². The minimum absolute atomic E-state index is 0.188. The van der Waals surface area contributed by atoms with Gasteiger partial charge in [-0.2, -0.15) is 5.10 Å². The average Bonchev–Trinajstić information content (AvgIpc) is 3.32. The molecule has 0 spiro atoms. The topological polar surface area (TPSA) is 85.2 Å². The number of aryl methyl sites for hydroxylation is 1. The summed E-state index contributed by atoms with van der Waals surface area (Å²) in [6.45, 7) is 9.17. The van der Waals surface area contributed by atoms with Crippen molar-refractivity contribution in [1.29, 1.82) is 0 Å². The van der Waals surface area contributed by atoms with Crippen molar-refractivity contribution in [1.82, 2.24) is 25.3 Å². The van der Waals surface area contributed by atoms with Gasteiger partial charge in [0, 0.05) is 41.2 Å². The number of hydrogen-bond donors (Lipinski definition) is 1. The normalized spacial score (nSPS) is 23.5. The van der Waals surface area contributed by atoms with Crippen LogP contribution in [0.1, 0.15) is 39.7 Å². The van der Waals surface area contributed by atoms with Crippen molar-refractivity contribution >= 4 is 23.2 Å². The fourth-order valence-electron chi connectivity index (χ4n) is 5.55. The van der Waals surface area contributed by atoms with Gasteiger partial charge in [-0.25, -0.2) is 4.39 Å². The van der Waals surface area contributed by atoms with Crippen LogP contribution in [0.25, 0.3) is 22.2 Å². The lowest BCUT2D eigenvalue weighted by Crippen LogP contribution is -2.69. The number of aromatic nitrogens is 4. The molecule has 0 bridgehead atoms. The summed E-state index contributed by atoms with van der Waals surface area (Å²) in [7, 11) is 1.86. The van der Waals surface area contributed by atoms with Crippen LogP contribution in [0, 0.1) is 0 Å². The van der Waals surface area contributed by atoms with Crippen LogP contribution in [0.2, 0.25) is 0 Å². The molecule has 2 aromatic heterocycles. The average molecular weight is 453 g/mol. The number of piperidine rings is 1. The van der Waals surface area contributed by atoms with Gasteiger partial charge in [-0.1, -0.05) is 0 Å². The first-order chi connectivity index (χ1) is 15.6. The molecule has 2 atom stereocenters. The van der Waals surface area contributed by atoms with Gasteiger partial charge < -0.3 is 15.0 Å². The van der Waals surface area contributed by atoms with Crippen LogP contribution in [0.5, 0.6) is 5.75 Å². The second kappa shape index (κ2) is 7.48. The number of carbonyl (C=O) groups excluding carboxylic acids is 1. The van der Waals surface area contributed by atoms with Crippen LogP contribution in [0.4, 0.5) is 10.2 Å². The van der Waals surface area contributed by atoms with E-state index in [0.29, 0.717) is 36.4 Å². The molecular formula is C24H29FN6O2. The molecule has 0 unspecified atom stereocenters. The van der Waals surface area contributed by atoms with Crippen molar-refractivity contribution in [3.05, 3.63) is 30.0 Å². The predicted octanol–water partition coefficient (Wildman–Crippen LogP) is 3.19. The molecule has 1 aromatic carbocycles. The quantitative estimate of drug-likeness (QED) is 0.609. The van der Waals surface area contributed by atoms with E-state index in [9.17, 15) is 4.79 Å². The van der Waals surface area contributed by atoms with Gasteiger partial charge in [0.25, 0.3) is 6.47 Å². The monoisotopic (exact) mass is 452 g/mol. The van der Waals surface area contributed by atoms with E-state index in [1.54, 1.807) is 16.9 Å². The summed E-state index contributed by atoms with van der Waals surface area (Å²) in [5.41, 5.74) is 2.36. The summed E-state index contributed by atoms with van der Waals surface area (Å²) in [4.78, 5) is 13.2. The molecule has 0 aliphatic carbocycles. The lowest BCUT2D eigenvalue weighted by atomic mass is 9.77. The Kier molecular flexibility index (Phi) is 4.93. The smallest absolute Gasteiger partial charge is 0.298 e.